The van der Waals surface area contributed by atoms with E-state index in [4.69, 9.17) is 16.1 Å². The average molecular weight is 321 g/mol. The molecule has 22 heavy (non-hydrogen) atoms. The van der Waals surface area contributed by atoms with E-state index in [9.17, 15) is 9.59 Å². The van der Waals surface area contributed by atoms with E-state index in [0.29, 0.717) is 10.8 Å². The first-order valence-corrected chi connectivity index (χ1v) is 7.19. The van der Waals surface area contributed by atoms with Crippen LogP contribution in [0, 0.1) is 5.41 Å². The normalized spacial score (nSPS) is 11.3. The first kappa shape index (κ1) is 16.2. The summed E-state index contributed by atoms with van der Waals surface area (Å²) in [5.74, 6) is -0.0344. The number of carbonyl (C=O) groups excluding carboxylic acids is 2. The van der Waals surface area contributed by atoms with Crippen LogP contribution in [0.15, 0.2) is 34.9 Å². The molecule has 0 unspecified atom stereocenters. The van der Waals surface area contributed by atoms with Crippen molar-refractivity contribution in [2.24, 2.45) is 5.41 Å². The maximum atomic E-state index is 12.0. The summed E-state index contributed by atoms with van der Waals surface area (Å²) in [5, 5.41) is 6.88. The van der Waals surface area contributed by atoms with Crippen molar-refractivity contribution < 1.29 is 14.1 Å². The van der Waals surface area contributed by atoms with Crippen molar-refractivity contribution in [2.45, 2.75) is 20.8 Å². The summed E-state index contributed by atoms with van der Waals surface area (Å²) in [4.78, 5) is 23.8. The Morgan fingerprint density at radius 1 is 1.23 bits per heavy atom. The van der Waals surface area contributed by atoms with Gasteiger partial charge in [0.1, 0.15) is 0 Å². The van der Waals surface area contributed by atoms with Crippen LogP contribution in [0.25, 0.3) is 11.3 Å². The highest BCUT2D eigenvalue weighted by Gasteiger charge is 2.22. The van der Waals surface area contributed by atoms with Crippen molar-refractivity contribution in [2.75, 3.05) is 6.54 Å². The van der Waals surface area contributed by atoms with E-state index < -0.39 is 11.3 Å². The molecule has 0 saturated heterocycles. The van der Waals surface area contributed by atoms with Crippen LogP contribution in [0.4, 0.5) is 0 Å². The summed E-state index contributed by atoms with van der Waals surface area (Å²) in [7, 11) is 0. The molecule has 2 rings (SSSR count). The fourth-order valence-corrected chi connectivity index (χ4v) is 1.77. The number of carbonyl (C=O) groups is 2. The maximum absolute atomic E-state index is 12.0. The molecule has 1 aromatic heterocycles. The highest BCUT2D eigenvalue weighted by molar-refractivity contribution is 6.30. The van der Waals surface area contributed by atoms with Crippen molar-refractivity contribution in [3.8, 4) is 11.3 Å². The highest BCUT2D eigenvalue weighted by Crippen LogP contribution is 2.22. The molecule has 2 aromatic rings. The molecule has 1 heterocycles. The van der Waals surface area contributed by atoms with E-state index in [1.54, 1.807) is 45.0 Å². The van der Waals surface area contributed by atoms with Crippen LogP contribution in [-0.2, 0) is 4.79 Å². The number of nitrogens with zero attached hydrogens (tertiary/aromatic N) is 1. The van der Waals surface area contributed by atoms with E-state index in [1.165, 1.54) is 6.07 Å². The molecule has 1 aromatic carbocycles. The molecule has 1 amide bonds. The van der Waals surface area contributed by atoms with Crippen molar-refractivity contribution >= 4 is 23.3 Å². The Bertz CT molecular complexity index is 684. The van der Waals surface area contributed by atoms with Gasteiger partial charge in [-0.1, -0.05) is 37.5 Å². The number of amides is 1. The second kappa shape index (κ2) is 6.32. The molecule has 0 aliphatic rings. The number of nitrogens with one attached hydrogen (secondary N) is 1. The van der Waals surface area contributed by atoms with Gasteiger partial charge in [0.15, 0.2) is 17.2 Å². The topological polar surface area (TPSA) is 72.2 Å². The van der Waals surface area contributed by atoms with Crippen LogP contribution >= 0.6 is 11.6 Å². The van der Waals surface area contributed by atoms with Gasteiger partial charge in [0.05, 0.1) is 6.54 Å². The summed E-state index contributed by atoms with van der Waals surface area (Å²) in [5.41, 5.74) is 0.402. The molecular formula is C16H17ClN2O3. The molecule has 1 N–H and O–H groups in total. The van der Waals surface area contributed by atoms with E-state index in [1.807, 2.05) is 0 Å². The van der Waals surface area contributed by atoms with Gasteiger partial charge in [-0.05, 0) is 24.3 Å². The molecule has 6 heteroatoms. The lowest BCUT2D eigenvalue weighted by atomic mass is 9.91. The Kier molecular flexibility index (Phi) is 4.66. The van der Waals surface area contributed by atoms with E-state index in [0.717, 1.165) is 5.56 Å². The van der Waals surface area contributed by atoms with Gasteiger partial charge in [0.25, 0.3) is 5.91 Å². The molecule has 0 fully saturated rings. The molecule has 0 aliphatic heterocycles. The summed E-state index contributed by atoms with van der Waals surface area (Å²) < 4.78 is 5.15. The van der Waals surface area contributed by atoms with Gasteiger partial charge in [0.2, 0.25) is 0 Å². The number of halogens is 1. The van der Waals surface area contributed by atoms with Crippen LogP contribution in [-0.4, -0.2) is 23.4 Å². The predicted octanol–water partition coefficient (Wildman–Crippen LogP) is 3.34. The lowest BCUT2D eigenvalue weighted by molar-refractivity contribution is -0.125. The maximum Gasteiger partial charge on any atom is 0.273 e. The fraction of sp³-hybridized carbons (Fsp3) is 0.312. The Balaban J connectivity index is 2.03. The Morgan fingerprint density at radius 2 is 1.86 bits per heavy atom. The number of benzene rings is 1. The Labute approximate surface area is 133 Å². The minimum Gasteiger partial charge on any atom is -0.355 e. The Morgan fingerprint density at radius 3 is 2.45 bits per heavy atom. The van der Waals surface area contributed by atoms with Crippen molar-refractivity contribution in [3.05, 3.63) is 41.0 Å². The van der Waals surface area contributed by atoms with Crippen molar-refractivity contribution in [1.82, 2.24) is 10.5 Å². The van der Waals surface area contributed by atoms with Gasteiger partial charge in [-0.25, -0.2) is 0 Å². The second-order valence-electron chi connectivity index (χ2n) is 5.94. The van der Waals surface area contributed by atoms with Crippen molar-refractivity contribution in [3.63, 3.8) is 0 Å². The summed E-state index contributed by atoms with van der Waals surface area (Å²) >= 11 is 5.82. The van der Waals surface area contributed by atoms with Crippen LogP contribution in [0.5, 0.6) is 0 Å². The number of hydrogen-bond donors (Lipinski definition) is 1. The highest BCUT2D eigenvalue weighted by atomic mass is 35.5. The van der Waals surface area contributed by atoms with Crippen LogP contribution in [0.3, 0.4) is 0 Å². The quantitative estimate of drug-likeness (QED) is 0.937. The molecule has 116 valence electrons. The van der Waals surface area contributed by atoms with Crippen LogP contribution in [0.1, 0.15) is 31.3 Å². The molecule has 0 atom stereocenters. The second-order valence-corrected chi connectivity index (χ2v) is 6.38. The lowest BCUT2D eigenvalue weighted by Crippen LogP contribution is -2.35. The zero-order chi connectivity index (χ0) is 16.3. The minimum atomic E-state index is -0.494. The van der Waals surface area contributed by atoms with Gasteiger partial charge < -0.3 is 9.84 Å². The molecule has 0 aliphatic carbocycles. The van der Waals surface area contributed by atoms with Crippen molar-refractivity contribution in [1.29, 1.82) is 0 Å². The molecule has 0 radical (unpaired) electrons. The number of rotatable bonds is 4. The van der Waals surface area contributed by atoms with Gasteiger partial charge in [-0.15, -0.1) is 0 Å². The zero-order valence-corrected chi connectivity index (χ0v) is 13.4. The third kappa shape index (κ3) is 3.95. The first-order valence-electron chi connectivity index (χ1n) is 6.81. The zero-order valence-electron chi connectivity index (χ0n) is 12.6. The number of aromatic nitrogens is 1. The van der Waals surface area contributed by atoms with E-state index in [2.05, 4.69) is 10.5 Å². The summed E-state index contributed by atoms with van der Waals surface area (Å²) in [6.45, 7) is 5.37. The monoisotopic (exact) mass is 320 g/mol. The Hall–Kier alpha value is -2.14. The fourth-order valence-electron chi connectivity index (χ4n) is 1.65. The van der Waals surface area contributed by atoms with E-state index in [-0.39, 0.29) is 18.0 Å². The smallest absolute Gasteiger partial charge is 0.273 e. The number of Topliss-reactive ketones (excluding diaryl/α,β-unsaturated/α-hetero) is 1. The molecule has 0 saturated carbocycles. The third-order valence-electron chi connectivity index (χ3n) is 3.12. The third-order valence-corrected chi connectivity index (χ3v) is 3.37. The average Bonchev–Trinajstić information content (AvgIpc) is 2.94. The summed E-state index contributed by atoms with van der Waals surface area (Å²) in [6.07, 6.45) is 0. The van der Waals surface area contributed by atoms with Gasteiger partial charge in [0, 0.05) is 22.1 Å². The molecule has 5 nitrogen and oxygen atoms in total. The first-order chi connectivity index (χ1) is 10.3. The molecular weight excluding hydrogens is 304 g/mol. The summed E-state index contributed by atoms with van der Waals surface area (Å²) in [6, 6.07) is 8.52. The minimum absolute atomic E-state index is 0.0362. The predicted molar refractivity (Wildman–Crippen MR) is 83.7 cm³/mol. The van der Waals surface area contributed by atoms with Crippen LogP contribution < -0.4 is 5.32 Å². The lowest BCUT2D eigenvalue weighted by Gasteiger charge is -2.16. The van der Waals surface area contributed by atoms with Crippen LogP contribution in [0.2, 0.25) is 5.02 Å². The molecule has 0 spiro atoms. The number of hydrogen-bond acceptors (Lipinski definition) is 4. The number of ketones is 1. The SMILES string of the molecule is CC(C)(C)C(=O)CNC(=O)c1cc(-c2ccc(Cl)cc2)on1. The largest absolute Gasteiger partial charge is 0.355 e. The van der Waals surface area contributed by atoms with Gasteiger partial charge >= 0.3 is 0 Å². The molecule has 0 bridgehead atoms. The van der Waals surface area contributed by atoms with E-state index >= 15 is 0 Å². The standard InChI is InChI=1S/C16H17ClN2O3/c1-16(2,3)14(20)9-18-15(21)12-8-13(22-19-12)10-4-6-11(17)7-5-10/h4-8H,9H2,1-3H3,(H,18,21). The van der Waals surface area contributed by atoms with Gasteiger partial charge in [-0.3, -0.25) is 9.59 Å². The van der Waals surface area contributed by atoms with Gasteiger partial charge in [-0.2, -0.15) is 0 Å².